The second kappa shape index (κ2) is 7.74. The molecule has 2 N–H and O–H groups in total. The number of carbonyl (C=O) groups is 1. The number of aliphatic hydroxyl groups is 1. The number of aliphatic carboxylic acids is 1. The second-order valence-corrected chi connectivity index (χ2v) is 12.1. The van der Waals surface area contributed by atoms with Crippen LogP contribution in [0.15, 0.2) is 0 Å². The molecule has 0 amide bonds. The number of hydrogen-bond acceptors (Lipinski definition) is 4. The number of hydrogen-bond donors (Lipinski definition) is 2. The van der Waals surface area contributed by atoms with Crippen molar-refractivity contribution in [3.05, 3.63) is 0 Å². The van der Waals surface area contributed by atoms with E-state index in [0.717, 1.165) is 19.3 Å². The van der Waals surface area contributed by atoms with E-state index in [9.17, 15) is 15.0 Å². The largest absolute Gasteiger partial charge is 0.481 e. The van der Waals surface area contributed by atoms with E-state index < -0.39 is 29.2 Å². The summed E-state index contributed by atoms with van der Waals surface area (Å²) in [7, 11) is 0. The highest BCUT2D eigenvalue weighted by molar-refractivity contribution is 5.70. The zero-order valence-electron chi connectivity index (χ0n) is 20.2. The normalized spacial score (nSPS) is 47.3. The first kappa shape index (κ1) is 24.0. The van der Waals surface area contributed by atoms with Crippen molar-refractivity contribution < 1.29 is 24.8 Å². The number of carboxylic acids is 1. The van der Waals surface area contributed by atoms with Crippen molar-refractivity contribution >= 4 is 5.97 Å². The van der Waals surface area contributed by atoms with Crippen LogP contribution in [0.4, 0.5) is 0 Å². The van der Waals surface area contributed by atoms with Crippen LogP contribution in [-0.4, -0.2) is 33.5 Å². The minimum absolute atomic E-state index is 0.104. The summed E-state index contributed by atoms with van der Waals surface area (Å²) in [5.74, 6) is -1.19. The van der Waals surface area contributed by atoms with Gasteiger partial charge in [-0.3, -0.25) is 4.79 Å². The molecule has 7 atom stereocenters. The molecule has 5 nitrogen and oxygen atoms in total. The molecular weight excluding hydrogens is 380 g/mol. The van der Waals surface area contributed by atoms with Gasteiger partial charge in [-0.2, -0.15) is 0 Å². The van der Waals surface area contributed by atoms with Gasteiger partial charge in [-0.15, -0.1) is 0 Å². The molecule has 1 aliphatic heterocycles. The van der Waals surface area contributed by atoms with Gasteiger partial charge in [0.05, 0.1) is 11.5 Å². The minimum Gasteiger partial charge on any atom is -0.481 e. The Morgan fingerprint density at radius 1 is 1.00 bits per heavy atom. The highest BCUT2D eigenvalue weighted by atomic mass is 17.2. The van der Waals surface area contributed by atoms with Crippen molar-refractivity contribution in [3.8, 4) is 0 Å². The Morgan fingerprint density at radius 3 is 2.23 bits per heavy atom. The van der Waals surface area contributed by atoms with Gasteiger partial charge < -0.3 is 10.2 Å². The summed E-state index contributed by atoms with van der Waals surface area (Å²) in [6.45, 7) is 15.5. The van der Waals surface area contributed by atoms with Gasteiger partial charge in [0.15, 0.2) is 0 Å². The number of rotatable bonds is 5. The molecule has 0 radical (unpaired) electrons. The highest BCUT2D eigenvalue weighted by Gasteiger charge is 2.67. The van der Waals surface area contributed by atoms with E-state index in [2.05, 4.69) is 34.6 Å². The lowest BCUT2D eigenvalue weighted by Crippen LogP contribution is -2.67. The Morgan fingerprint density at radius 2 is 1.67 bits per heavy atom. The second-order valence-electron chi connectivity index (χ2n) is 12.1. The van der Waals surface area contributed by atoms with Crippen LogP contribution in [-0.2, 0) is 14.6 Å². The van der Waals surface area contributed by atoms with E-state index >= 15 is 0 Å². The Kier molecular flexibility index (Phi) is 6.19. The molecule has 5 heteroatoms. The predicted octanol–water partition coefficient (Wildman–Crippen LogP) is 5.74. The average Bonchev–Trinajstić information content (AvgIpc) is 2.67. The van der Waals surface area contributed by atoms with E-state index in [-0.39, 0.29) is 22.2 Å². The maximum Gasteiger partial charge on any atom is 0.308 e. The fourth-order valence-electron chi connectivity index (χ4n) is 7.13. The molecule has 3 fully saturated rings. The van der Waals surface area contributed by atoms with E-state index in [1.807, 2.05) is 6.92 Å². The Labute approximate surface area is 182 Å². The Balaban J connectivity index is 1.76. The molecule has 2 aliphatic carbocycles. The molecule has 1 saturated heterocycles. The zero-order chi connectivity index (χ0) is 22.6. The highest BCUT2D eigenvalue weighted by Crippen LogP contribution is 2.70. The summed E-state index contributed by atoms with van der Waals surface area (Å²) in [4.78, 5) is 22.6. The molecule has 0 unspecified atom stereocenters. The van der Waals surface area contributed by atoms with Crippen molar-refractivity contribution in [1.82, 2.24) is 0 Å². The molecular formula is C25H44O5. The van der Waals surface area contributed by atoms with E-state index in [4.69, 9.17) is 9.78 Å². The van der Waals surface area contributed by atoms with Crippen molar-refractivity contribution in [1.29, 1.82) is 0 Å². The summed E-state index contributed by atoms with van der Waals surface area (Å²) < 4.78 is 0. The number of fused-ring (bicyclic) bond motifs is 1. The van der Waals surface area contributed by atoms with Gasteiger partial charge in [0.25, 0.3) is 0 Å². The third-order valence-electron chi connectivity index (χ3n) is 10.4. The van der Waals surface area contributed by atoms with Crippen LogP contribution in [0.3, 0.4) is 0 Å². The van der Waals surface area contributed by atoms with Gasteiger partial charge in [0, 0.05) is 5.41 Å². The first-order chi connectivity index (χ1) is 13.7. The van der Waals surface area contributed by atoms with Gasteiger partial charge in [-0.05, 0) is 82.0 Å². The van der Waals surface area contributed by atoms with Crippen molar-refractivity contribution in [3.63, 3.8) is 0 Å². The fourth-order valence-corrected chi connectivity index (χ4v) is 7.13. The minimum atomic E-state index is -0.857. The fraction of sp³-hybridized carbons (Fsp3) is 0.960. The molecule has 2 saturated carbocycles. The van der Waals surface area contributed by atoms with Crippen molar-refractivity contribution in [2.24, 2.45) is 28.1 Å². The lowest BCUT2D eigenvalue weighted by atomic mass is 9.37. The van der Waals surface area contributed by atoms with Crippen LogP contribution in [0.2, 0.25) is 0 Å². The van der Waals surface area contributed by atoms with E-state index in [0.29, 0.717) is 19.3 Å². The van der Waals surface area contributed by atoms with Crippen LogP contribution in [0.5, 0.6) is 0 Å². The van der Waals surface area contributed by atoms with Gasteiger partial charge in [0.1, 0.15) is 11.7 Å². The molecule has 0 spiro atoms. The van der Waals surface area contributed by atoms with Crippen molar-refractivity contribution in [2.75, 3.05) is 0 Å². The summed E-state index contributed by atoms with van der Waals surface area (Å²) in [5.41, 5.74) is -1.05. The molecule has 0 aromatic heterocycles. The molecule has 0 bridgehead atoms. The SMILES string of the molecule is C[C@H](C(=O)O)[C@@H]1CC[C@@](C)(CC[C@@]2(O)[C@H](C)CC[C@@]3(C)C(C)(C)CCC[C@]23C)OO1. The summed E-state index contributed by atoms with van der Waals surface area (Å²) >= 11 is 0. The first-order valence-corrected chi connectivity index (χ1v) is 12.0. The number of carboxylic acid groups (broad SMARTS) is 1. The van der Waals surface area contributed by atoms with Crippen molar-refractivity contribution in [2.45, 2.75) is 124 Å². The standard InChI is InChI=1S/C25H44O5/c1-17-9-14-23(6)21(3,4)11-8-12-24(23,7)25(17,28)16-15-22(5)13-10-19(29-30-22)18(2)20(26)27/h17-19,28H,8-16H2,1-7H3,(H,26,27)/t17-,18+,19+,22+,23+,24+,25-/m1/s1. The first-order valence-electron chi connectivity index (χ1n) is 12.0. The van der Waals surface area contributed by atoms with Gasteiger partial charge in [0.2, 0.25) is 0 Å². The molecule has 1 heterocycles. The summed E-state index contributed by atoms with van der Waals surface area (Å²) in [5, 5.41) is 21.5. The average molecular weight is 425 g/mol. The smallest absolute Gasteiger partial charge is 0.308 e. The summed E-state index contributed by atoms with van der Waals surface area (Å²) in [6.07, 6.45) is 8.10. The van der Waals surface area contributed by atoms with Crippen LogP contribution < -0.4 is 0 Å². The van der Waals surface area contributed by atoms with E-state index in [1.165, 1.54) is 19.3 Å². The third-order valence-corrected chi connectivity index (χ3v) is 10.4. The van der Waals surface area contributed by atoms with Crippen LogP contribution in [0.25, 0.3) is 0 Å². The van der Waals surface area contributed by atoms with Crippen LogP contribution in [0.1, 0.15) is 106 Å². The topological polar surface area (TPSA) is 76.0 Å². The lowest BCUT2D eigenvalue weighted by Gasteiger charge is -2.69. The molecule has 174 valence electrons. The maximum absolute atomic E-state index is 12.3. The van der Waals surface area contributed by atoms with Crippen LogP contribution >= 0.6 is 0 Å². The Hall–Kier alpha value is -0.650. The monoisotopic (exact) mass is 424 g/mol. The maximum atomic E-state index is 12.3. The van der Waals surface area contributed by atoms with Gasteiger partial charge >= 0.3 is 5.97 Å². The molecule has 0 aromatic rings. The molecule has 30 heavy (non-hydrogen) atoms. The summed E-state index contributed by atoms with van der Waals surface area (Å²) in [6, 6.07) is 0. The van der Waals surface area contributed by atoms with Gasteiger partial charge in [-0.25, -0.2) is 9.78 Å². The van der Waals surface area contributed by atoms with Crippen LogP contribution in [0, 0.1) is 28.1 Å². The zero-order valence-corrected chi connectivity index (χ0v) is 20.2. The Bertz CT molecular complexity index is 652. The molecule has 3 aliphatic rings. The lowest BCUT2D eigenvalue weighted by molar-refractivity contribution is -0.413. The predicted molar refractivity (Wildman–Crippen MR) is 117 cm³/mol. The molecule has 3 rings (SSSR count). The van der Waals surface area contributed by atoms with Gasteiger partial charge in [-0.1, -0.05) is 41.0 Å². The molecule has 0 aromatic carbocycles. The quantitative estimate of drug-likeness (QED) is 0.550. The third kappa shape index (κ3) is 3.53. The van der Waals surface area contributed by atoms with E-state index in [1.54, 1.807) is 6.92 Å².